The number of hydrogen-bond donors (Lipinski definition) is 1. The van der Waals surface area contributed by atoms with Crippen molar-refractivity contribution in [2.45, 2.75) is 32.7 Å². The van der Waals surface area contributed by atoms with Crippen LogP contribution in [-0.2, 0) is 17.7 Å². The van der Waals surface area contributed by atoms with E-state index in [4.69, 9.17) is 14.5 Å². The highest BCUT2D eigenvalue weighted by Crippen LogP contribution is 2.33. The van der Waals surface area contributed by atoms with Crippen LogP contribution >= 0.6 is 0 Å². The predicted molar refractivity (Wildman–Crippen MR) is 135 cm³/mol. The van der Waals surface area contributed by atoms with Crippen molar-refractivity contribution in [3.63, 3.8) is 0 Å². The first-order valence-corrected chi connectivity index (χ1v) is 12.3. The second kappa shape index (κ2) is 10.5. The van der Waals surface area contributed by atoms with Gasteiger partial charge in [0.05, 0.1) is 31.0 Å². The maximum atomic E-state index is 14.4. The van der Waals surface area contributed by atoms with Crippen LogP contribution in [0.25, 0.3) is 0 Å². The average Bonchev–Trinajstić information content (AvgIpc) is 2.90. The Morgan fingerprint density at radius 2 is 1.81 bits per heavy atom. The molecule has 1 N–H and O–H groups in total. The third-order valence-electron chi connectivity index (χ3n) is 6.46. The van der Waals surface area contributed by atoms with Crippen LogP contribution in [0.4, 0.5) is 20.8 Å². The summed E-state index contributed by atoms with van der Waals surface area (Å²) >= 11 is 0. The first-order valence-electron chi connectivity index (χ1n) is 12.3. The summed E-state index contributed by atoms with van der Waals surface area (Å²) < 4.78 is 25.9. The summed E-state index contributed by atoms with van der Waals surface area (Å²) in [5.74, 6) is 0.826. The molecule has 0 saturated carbocycles. The number of amides is 2. The molecule has 1 saturated heterocycles. The van der Waals surface area contributed by atoms with Crippen molar-refractivity contribution in [3.05, 3.63) is 71.2 Å². The molecule has 0 atom stereocenters. The number of nitrogens with one attached hydrogen (secondary N) is 1. The van der Waals surface area contributed by atoms with Crippen molar-refractivity contribution in [2.24, 2.45) is 0 Å². The van der Waals surface area contributed by atoms with Crippen LogP contribution in [0, 0.1) is 5.82 Å². The molecule has 8 nitrogen and oxygen atoms in total. The van der Waals surface area contributed by atoms with Gasteiger partial charge in [0.25, 0.3) is 0 Å². The Balaban J connectivity index is 1.40. The van der Waals surface area contributed by atoms with E-state index in [0.717, 1.165) is 11.4 Å². The van der Waals surface area contributed by atoms with Gasteiger partial charge in [-0.3, -0.25) is 0 Å². The predicted octanol–water partition coefficient (Wildman–Crippen LogP) is 4.96. The zero-order valence-corrected chi connectivity index (χ0v) is 20.5. The van der Waals surface area contributed by atoms with E-state index >= 15 is 0 Å². The average molecular weight is 492 g/mol. The minimum absolute atomic E-state index is 0.0816. The number of anilines is 2. The smallest absolute Gasteiger partial charge is 0.322 e. The summed E-state index contributed by atoms with van der Waals surface area (Å²) in [5.41, 5.74) is 3.44. The van der Waals surface area contributed by atoms with Gasteiger partial charge < -0.3 is 24.6 Å². The highest BCUT2D eigenvalue weighted by molar-refractivity contribution is 5.89. The van der Waals surface area contributed by atoms with E-state index < -0.39 is 5.82 Å². The van der Waals surface area contributed by atoms with Gasteiger partial charge in [-0.25, -0.2) is 14.2 Å². The highest BCUT2D eigenvalue weighted by Gasteiger charge is 2.28. The summed E-state index contributed by atoms with van der Waals surface area (Å²) in [5, 5.41) is 2.97. The van der Waals surface area contributed by atoms with Crippen molar-refractivity contribution in [2.75, 3.05) is 43.1 Å². The molecule has 1 fully saturated rings. The van der Waals surface area contributed by atoms with E-state index in [9.17, 15) is 9.18 Å². The molecule has 2 aromatic carbocycles. The van der Waals surface area contributed by atoms with E-state index in [2.05, 4.69) is 24.1 Å². The summed E-state index contributed by atoms with van der Waals surface area (Å²) in [6.45, 7) is 7.55. The fraction of sp³-hybridized carbons (Fsp3) is 0.370. The van der Waals surface area contributed by atoms with Crippen LogP contribution in [0.3, 0.4) is 0 Å². The molecule has 0 spiro atoms. The molecule has 3 heterocycles. The molecule has 0 unspecified atom stereocenters. The van der Waals surface area contributed by atoms with Gasteiger partial charge in [0.1, 0.15) is 0 Å². The zero-order valence-electron chi connectivity index (χ0n) is 20.5. The van der Waals surface area contributed by atoms with Crippen LogP contribution in [0.5, 0.6) is 11.6 Å². The molecule has 0 radical (unpaired) electrons. The zero-order chi connectivity index (χ0) is 25.1. The maximum absolute atomic E-state index is 14.4. The Bertz CT molecular complexity index is 1230. The van der Waals surface area contributed by atoms with Gasteiger partial charge in [-0.1, -0.05) is 38.1 Å². The number of nitrogens with zero attached hydrogens (tertiary/aromatic N) is 4. The number of urea groups is 1. The lowest BCUT2D eigenvalue weighted by Gasteiger charge is -2.32. The number of morpholine rings is 1. The maximum Gasteiger partial charge on any atom is 0.322 e. The first kappa shape index (κ1) is 24.0. The van der Waals surface area contributed by atoms with Gasteiger partial charge in [-0.15, -0.1) is 0 Å². The molecule has 9 heteroatoms. The topological polar surface area (TPSA) is 79.8 Å². The van der Waals surface area contributed by atoms with E-state index in [1.54, 1.807) is 23.1 Å². The number of halogens is 1. The van der Waals surface area contributed by atoms with Gasteiger partial charge in [0.2, 0.25) is 11.8 Å². The molecule has 0 aliphatic carbocycles. The van der Waals surface area contributed by atoms with E-state index in [-0.39, 0.29) is 24.2 Å². The Hall–Kier alpha value is -3.72. The monoisotopic (exact) mass is 491 g/mol. The van der Waals surface area contributed by atoms with Gasteiger partial charge >= 0.3 is 6.03 Å². The minimum atomic E-state index is -0.479. The minimum Gasteiger partial charge on any atom is -0.435 e. The van der Waals surface area contributed by atoms with Crippen LogP contribution < -0.4 is 15.0 Å². The Morgan fingerprint density at radius 3 is 2.53 bits per heavy atom. The van der Waals surface area contributed by atoms with Crippen molar-refractivity contribution in [1.29, 1.82) is 0 Å². The quantitative estimate of drug-likeness (QED) is 0.544. The Morgan fingerprint density at radius 1 is 1.06 bits per heavy atom. The lowest BCUT2D eigenvalue weighted by Crippen LogP contribution is -2.41. The molecule has 188 valence electrons. The van der Waals surface area contributed by atoms with E-state index in [1.165, 1.54) is 11.6 Å². The lowest BCUT2D eigenvalue weighted by atomic mass is 10.0. The molecule has 2 aliphatic heterocycles. The molecule has 2 aliphatic rings. The molecule has 5 rings (SSSR count). The number of fused-ring (bicyclic) bond motifs is 1. The van der Waals surface area contributed by atoms with Crippen LogP contribution in [-0.4, -0.2) is 53.7 Å². The molecule has 3 aromatic rings. The molecule has 1 aromatic heterocycles. The Labute approximate surface area is 210 Å². The molecule has 36 heavy (non-hydrogen) atoms. The molecular formula is C27H30FN5O3. The fourth-order valence-corrected chi connectivity index (χ4v) is 4.32. The second-order valence-corrected chi connectivity index (χ2v) is 9.26. The third kappa shape index (κ3) is 5.26. The normalized spacial score (nSPS) is 15.6. The lowest BCUT2D eigenvalue weighted by molar-refractivity contribution is 0.122. The van der Waals surface area contributed by atoms with E-state index in [1.807, 2.05) is 29.2 Å². The van der Waals surface area contributed by atoms with Gasteiger partial charge in [0.15, 0.2) is 11.6 Å². The number of ether oxygens (including phenoxy) is 2. The first-order chi connectivity index (χ1) is 17.5. The highest BCUT2D eigenvalue weighted by atomic mass is 19.1. The standard InChI is InChI=1S/C27H30FN5O3/c1-18(2)19-7-9-20(10-8-19)29-27(34)33-12-11-23-21(17-33)25(36-24-6-4-3-5-22(24)28)31-26(30-23)32-13-15-35-16-14-32/h3-10,18H,11-17H2,1-2H3,(H,29,34). The number of para-hydroxylation sites is 1. The second-order valence-electron chi connectivity index (χ2n) is 9.26. The van der Waals surface area contributed by atoms with Gasteiger partial charge in [-0.05, 0) is 35.7 Å². The van der Waals surface area contributed by atoms with Crippen molar-refractivity contribution < 1.29 is 18.7 Å². The van der Waals surface area contributed by atoms with Gasteiger partial charge in [0, 0.05) is 31.7 Å². The molecule has 0 bridgehead atoms. The number of hydrogen-bond acceptors (Lipinski definition) is 6. The SMILES string of the molecule is CC(C)c1ccc(NC(=O)N2CCc3nc(N4CCOCC4)nc(Oc4ccccc4F)c3C2)cc1. The number of rotatable bonds is 5. The molecule has 2 amide bonds. The summed E-state index contributed by atoms with van der Waals surface area (Å²) in [6, 6.07) is 13.9. The van der Waals surface area contributed by atoms with Crippen LogP contribution in [0.1, 0.15) is 36.6 Å². The summed E-state index contributed by atoms with van der Waals surface area (Å²) in [4.78, 5) is 26.3. The number of benzene rings is 2. The molecular weight excluding hydrogens is 461 g/mol. The van der Waals surface area contributed by atoms with Crippen molar-refractivity contribution >= 4 is 17.7 Å². The van der Waals surface area contributed by atoms with Crippen molar-refractivity contribution in [1.82, 2.24) is 14.9 Å². The summed E-state index contributed by atoms with van der Waals surface area (Å²) in [7, 11) is 0. The fourth-order valence-electron chi connectivity index (χ4n) is 4.32. The van der Waals surface area contributed by atoms with Crippen LogP contribution in [0.15, 0.2) is 48.5 Å². The van der Waals surface area contributed by atoms with E-state index in [0.29, 0.717) is 56.7 Å². The number of aromatic nitrogens is 2. The Kier molecular flexibility index (Phi) is 6.99. The van der Waals surface area contributed by atoms with Crippen molar-refractivity contribution in [3.8, 4) is 11.6 Å². The largest absolute Gasteiger partial charge is 0.435 e. The van der Waals surface area contributed by atoms with Crippen LogP contribution in [0.2, 0.25) is 0 Å². The summed E-state index contributed by atoms with van der Waals surface area (Å²) in [6.07, 6.45) is 0.544. The number of carbonyl (C=O) groups is 1. The number of carbonyl (C=O) groups excluding carboxylic acids is 1. The third-order valence-corrected chi connectivity index (χ3v) is 6.46. The van der Waals surface area contributed by atoms with Gasteiger partial charge in [-0.2, -0.15) is 4.98 Å².